The Kier molecular flexibility index (Phi) is 6.89. The number of hydrogen-bond donors (Lipinski definition) is 2. The Hall–Kier alpha value is -1.50. The van der Waals surface area contributed by atoms with Crippen LogP contribution in [0.4, 0.5) is 9.59 Å². The second kappa shape index (κ2) is 8.05. The molecule has 1 aliphatic heterocycles. The monoisotopic (exact) mass is 343 g/mol. The third kappa shape index (κ3) is 7.86. The number of hydrogen-bond acceptors (Lipinski definition) is 5. The van der Waals surface area contributed by atoms with Crippen LogP contribution >= 0.6 is 0 Å². The summed E-state index contributed by atoms with van der Waals surface area (Å²) in [6, 6.07) is 0.119. The average Bonchev–Trinajstić information content (AvgIpc) is 2.80. The summed E-state index contributed by atoms with van der Waals surface area (Å²) in [5, 5.41) is 0. The zero-order valence-corrected chi connectivity index (χ0v) is 16.1. The van der Waals surface area contributed by atoms with Crippen molar-refractivity contribution in [3.05, 3.63) is 0 Å². The Bertz CT molecular complexity index is 440. The lowest BCUT2D eigenvalue weighted by atomic mass is 10.1. The van der Waals surface area contributed by atoms with Gasteiger partial charge in [0.2, 0.25) is 0 Å². The molecule has 0 spiro atoms. The molecule has 0 aromatic carbocycles. The summed E-state index contributed by atoms with van der Waals surface area (Å²) >= 11 is 0. The largest absolute Gasteiger partial charge is 0.444 e. The minimum absolute atomic E-state index is 0.00514. The molecule has 140 valence electrons. The van der Waals surface area contributed by atoms with E-state index >= 15 is 0 Å². The summed E-state index contributed by atoms with van der Waals surface area (Å²) in [6.45, 7) is 13.7. The zero-order valence-electron chi connectivity index (χ0n) is 16.1. The fourth-order valence-corrected chi connectivity index (χ4v) is 2.59. The molecule has 0 aromatic rings. The maximum absolute atomic E-state index is 12.3. The van der Waals surface area contributed by atoms with Gasteiger partial charge < -0.3 is 14.4 Å². The van der Waals surface area contributed by atoms with E-state index in [0.717, 1.165) is 19.3 Å². The number of rotatable bonds is 4. The first-order valence-electron chi connectivity index (χ1n) is 8.61. The van der Waals surface area contributed by atoms with Gasteiger partial charge in [-0.25, -0.2) is 15.0 Å². The van der Waals surface area contributed by atoms with Crippen LogP contribution in [-0.2, 0) is 9.47 Å². The predicted octanol–water partition coefficient (Wildman–Crippen LogP) is 3.19. The number of ether oxygens (including phenoxy) is 2. The van der Waals surface area contributed by atoms with Crippen LogP contribution in [0.1, 0.15) is 67.7 Å². The molecule has 2 unspecified atom stereocenters. The van der Waals surface area contributed by atoms with Crippen molar-refractivity contribution in [1.82, 2.24) is 15.8 Å². The normalized spacial score (nSPS) is 19.8. The van der Waals surface area contributed by atoms with Crippen molar-refractivity contribution in [2.24, 2.45) is 0 Å². The van der Waals surface area contributed by atoms with Gasteiger partial charge in [-0.3, -0.25) is 5.43 Å². The van der Waals surface area contributed by atoms with E-state index in [-0.39, 0.29) is 18.2 Å². The van der Waals surface area contributed by atoms with E-state index in [9.17, 15) is 9.59 Å². The van der Waals surface area contributed by atoms with E-state index in [2.05, 4.69) is 10.9 Å². The van der Waals surface area contributed by atoms with E-state index in [1.807, 2.05) is 48.5 Å². The van der Waals surface area contributed by atoms with Gasteiger partial charge in [-0.05, 0) is 67.7 Å². The molecule has 2 amide bonds. The summed E-state index contributed by atoms with van der Waals surface area (Å²) in [4.78, 5) is 25.7. The van der Waals surface area contributed by atoms with E-state index in [0.29, 0.717) is 6.54 Å². The second-order valence-electron chi connectivity index (χ2n) is 8.38. The highest BCUT2D eigenvalue weighted by molar-refractivity contribution is 5.69. The van der Waals surface area contributed by atoms with Crippen molar-refractivity contribution < 1.29 is 19.1 Å². The molecule has 1 heterocycles. The van der Waals surface area contributed by atoms with Gasteiger partial charge >= 0.3 is 12.2 Å². The van der Waals surface area contributed by atoms with Crippen LogP contribution in [0.25, 0.3) is 0 Å². The van der Waals surface area contributed by atoms with Gasteiger partial charge in [-0.2, -0.15) is 0 Å². The summed E-state index contributed by atoms with van der Waals surface area (Å²) < 4.78 is 10.6. The Morgan fingerprint density at radius 3 is 2.25 bits per heavy atom. The third-order valence-corrected chi connectivity index (χ3v) is 3.45. The highest BCUT2D eigenvalue weighted by Gasteiger charge is 2.33. The van der Waals surface area contributed by atoms with Gasteiger partial charge in [0.1, 0.15) is 11.2 Å². The molecule has 7 nitrogen and oxygen atoms in total. The molecule has 1 rings (SSSR count). The first-order chi connectivity index (χ1) is 10.9. The lowest BCUT2D eigenvalue weighted by Crippen LogP contribution is -2.48. The van der Waals surface area contributed by atoms with E-state index < -0.39 is 17.3 Å². The minimum atomic E-state index is -0.534. The number of amides is 2. The molecule has 1 fully saturated rings. The summed E-state index contributed by atoms with van der Waals surface area (Å²) in [6.07, 6.45) is 1.87. The van der Waals surface area contributed by atoms with Crippen LogP contribution in [0.2, 0.25) is 0 Å². The fourth-order valence-electron chi connectivity index (χ4n) is 2.59. The molecule has 0 radical (unpaired) electrons. The Labute approximate surface area is 145 Å². The van der Waals surface area contributed by atoms with Crippen molar-refractivity contribution in [3.63, 3.8) is 0 Å². The van der Waals surface area contributed by atoms with Crippen molar-refractivity contribution in [2.45, 2.75) is 91.0 Å². The molecule has 0 saturated carbocycles. The second-order valence-corrected chi connectivity index (χ2v) is 8.38. The van der Waals surface area contributed by atoms with Gasteiger partial charge in [0.05, 0.1) is 0 Å². The fraction of sp³-hybridized carbons (Fsp3) is 0.882. The highest BCUT2D eigenvalue weighted by Crippen LogP contribution is 2.23. The molecule has 0 aliphatic carbocycles. The zero-order chi connectivity index (χ0) is 18.5. The molecule has 24 heavy (non-hydrogen) atoms. The van der Waals surface area contributed by atoms with Crippen LogP contribution in [0.15, 0.2) is 0 Å². The Morgan fingerprint density at radius 2 is 1.71 bits per heavy atom. The minimum Gasteiger partial charge on any atom is -0.444 e. The van der Waals surface area contributed by atoms with E-state index in [4.69, 9.17) is 9.47 Å². The highest BCUT2D eigenvalue weighted by atomic mass is 16.6. The molecule has 1 saturated heterocycles. The number of nitrogens with one attached hydrogen (secondary N) is 2. The van der Waals surface area contributed by atoms with Crippen LogP contribution in [0, 0.1) is 0 Å². The summed E-state index contributed by atoms with van der Waals surface area (Å²) in [5.41, 5.74) is 4.46. The van der Waals surface area contributed by atoms with Crippen molar-refractivity contribution in [1.29, 1.82) is 0 Å². The molecule has 7 heteroatoms. The Morgan fingerprint density at radius 1 is 1.12 bits per heavy atom. The first-order valence-corrected chi connectivity index (χ1v) is 8.61. The maximum Gasteiger partial charge on any atom is 0.422 e. The molecular weight excluding hydrogens is 310 g/mol. The number of hydrazine groups is 1. The van der Waals surface area contributed by atoms with Crippen molar-refractivity contribution in [2.75, 3.05) is 6.54 Å². The average molecular weight is 343 g/mol. The molecule has 0 aromatic heterocycles. The lowest BCUT2D eigenvalue weighted by Gasteiger charge is -2.30. The topological polar surface area (TPSA) is 79.9 Å². The smallest absolute Gasteiger partial charge is 0.422 e. The molecule has 2 N–H and O–H groups in total. The maximum atomic E-state index is 12.3. The molecule has 0 bridgehead atoms. The van der Waals surface area contributed by atoms with Gasteiger partial charge in [0, 0.05) is 18.6 Å². The van der Waals surface area contributed by atoms with E-state index in [1.165, 1.54) is 0 Å². The molecule has 1 aliphatic rings. The summed E-state index contributed by atoms with van der Waals surface area (Å²) in [7, 11) is 0. The van der Waals surface area contributed by atoms with Crippen LogP contribution in [0.5, 0.6) is 0 Å². The van der Waals surface area contributed by atoms with E-state index in [1.54, 1.807) is 4.90 Å². The van der Waals surface area contributed by atoms with Crippen molar-refractivity contribution >= 4 is 12.2 Å². The van der Waals surface area contributed by atoms with Crippen molar-refractivity contribution in [3.8, 4) is 0 Å². The number of likely N-dealkylation sites (tertiary alicyclic amines) is 1. The van der Waals surface area contributed by atoms with Gasteiger partial charge in [0.15, 0.2) is 0 Å². The number of nitrogens with zero attached hydrogens (tertiary/aromatic N) is 1. The standard InChI is InChI=1S/C17H33N3O4/c1-12(18-19-14(21)23-16(2,3)4)11-13-9-8-10-20(13)15(22)24-17(5,6)7/h12-13,18H,8-11H2,1-7H3,(H,19,21). The predicted molar refractivity (Wildman–Crippen MR) is 92.5 cm³/mol. The number of carbonyl (C=O) groups excluding carboxylic acids is 2. The van der Waals surface area contributed by atoms with Gasteiger partial charge in [-0.15, -0.1) is 0 Å². The SMILES string of the molecule is CC(CC1CCCN1C(=O)OC(C)(C)C)NNC(=O)OC(C)(C)C. The van der Waals surface area contributed by atoms with Crippen LogP contribution in [-0.4, -0.2) is 46.9 Å². The third-order valence-electron chi connectivity index (χ3n) is 3.45. The van der Waals surface area contributed by atoms with Gasteiger partial charge in [0.25, 0.3) is 0 Å². The van der Waals surface area contributed by atoms with Gasteiger partial charge in [-0.1, -0.05) is 0 Å². The number of carbonyl (C=O) groups is 2. The quantitative estimate of drug-likeness (QED) is 0.766. The summed E-state index contributed by atoms with van der Waals surface area (Å²) in [5.74, 6) is 0. The van der Waals surface area contributed by atoms with Crippen LogP contribution < -0.4 is 10.9 Å². The molecular formula is C17H33N3O4. The molecule has 2 atom stereocenters. The first kappa shape index (κ1) is 20.5. The Balaban J connectivity index is 2.43. The lowest BCUT2D eigenvalue weighted by molar-refractivity contribution is 0.0208. The van der Waals surface area contributed by atoms with Crippen LogP contribution in [0.3, 0.4) is 0 Å².